The van der Waals surface area contributed by atoms with Crippen molar-refractivity contribution in [1.29, 1.82) is 0 Å². The first kappa shape index (κ1) is 6.11. The average Bonchev–Trinajstić information content (AvgIpc) is 2.12. The van der Waals surface area contributed by atoms with Crippen molar-refractivity contribution in [3.8, 4) is 0 Å². The third-order valence-corrected chi connectivity index (χ3v) is 2.15. The maximum atomic E-state index is 10.6. The molecule has 48 valence electrons. The Labute approximate surface area is 54.5 Å². The van der Waals surface area contributed by atoms with Crippen LogP contribution >= 0.6 is 11.8 Å². The summed E-state index contributed by atoms with van der Waals surface area (Å²) in [6, 6.07) is 0.139. The van der Waals surface area contributed by atoms with Crippen LogP contribution in [0.3, 0.4) is 0 Å². The van der Waals surface area contributed by atoms with Gasteiger partial charge in [0.25, 0.3) is 0 Å². The third-order valence-electron chi connectivity index (χ3n) is 1.21. The Hall–Kier alpha value is -0.0200. The Morgan fingerprint density at radius 3 is 3.00 bits per heavy atom. The van der Waals surface area contributed by atoms with E-state index in [1.54, 1.807) is 18.7 Å². The SMILES string of the molecule is CC(=O)[C@@H]1CSCN1.[HH]. The molecule has 1 rings (SSSR count). The predicted molar refractivity (Wildman–Crippen MR) is 37.0 cm³/mol. The van der Waals surface area contributed by atoms with E-state index in [1.165, 1.54) is 0 Å². The van der Waals surface area contributed by atoms with Crippen molar-refractivity contribution in [3.05, 3.63) is 0 Å². The molecule has 0 bridgehead atoms. The quantitative estimate of drug-likeness (QED) is 0.564. The molecule has 1 fully saturated rings. The van der Waals surface area contributed by atoms with Crippen molar-refractivity contribution >= 4 is 17.5 Å². The highest BCUT2D eigenvalue weighted by molar-refractivity contribution is 7.99. The first-order chi connectivity index (χ1) is 3.80. The largest absolute Gasteiger partial charge is 0.298 e. The first-order valence-corrected chi connectivity index (χ1v) is 3.78. The van der Waals surface area contributed by atoms with Gasteiger partial charge in [0.15, 0.2) is 0 Å². The molecule has 3 heteroatoms. The maximum Gasteiger partial charge on any atom is 0.147 e. The number of thioether (sulfide) groups is 1. The van der Waals surface area contributed by atoms with Crippen molar-refractivity contribution in [3.63, 3.8) is 0 Å². The van der Waals surface area contributed by atoms with Gasteiger partial charge < -0.3 is 0 Å². The van der Waals surface area contributed by atoms with Crippen molar-refractivity contribution in [1.82, 2.24) is 5.32 Å². The standard InChI is InChI=1S/C5H9NOS.H2/c1-4(7)5-2-8-3-6-5;/h5-6H,2-3H2,1H3;1H/t5-;/m0./s1. The van der Waals surface area contributed by atoms with E-state index in [1.807, 2.05) is 0 Å². The lowest BCUT2D eigenvalue weighted by molar-refractivity contribution is -0.118. The summed E-state index contributed by atoms with van der Waals surface area (Å²) in [7, 11) is 0. The Bertz CT molecular complexity index is 103. The molecule has 0 aromatic rings. The van der Waals surface area contributed by atoms with E-state index < -0.39 is 0 Å². The molecule has 1 N–H and O–H groups in total. The van der Waals surface area contributed by atoms with Crippen LogP contribution in [-0.4, -0.2) is 23.5 Å². The fraction of sp³-hybridized carbons (Fsp3) is 0.800. The zero-order valence-corrected chi connectivity index (χ0v) is 5.62. The predicted octanol–water partition coefficient (Wildman–Crippen LogP) is 0.484. The van der Waals surface area contributed by atoms with Crippen LogP contribution in [0, 0.1) is 0 Å². The molecule has 1 aliphatic rings. The molecule has 0 saturated carbocycles. The summed E-state index contributed by atoms with van der Waals surface area (Å²) >= 11 is 1.78. The first-order valence-electron chi connectivity index (χ1n) is 2.62. The van der Waals surface area contributed by atoms with Gasteiger partial charge in [0.05, 0.1) is 6.04 Å². The van der Waals surface area contributed by atoms with Crippen LogP contribution in [0.4, 0.5) is 0 Å². The Kier molecular flexibility index (Phi) is 1.91. The highest BCUT2D eigenvalue weighted by atomic mass is 32.2. The number of Topliss-reactive ketones (excluding diaryl/α,β-unsaturated/α-hetero) is 1. The van der Waals surface area contributed by atoms with Crippen molar-refractivity contribution < 1.29 is 6.22 Å². The van der Waals surface area contributed by atoms with E-state index in [4.69, 9.17) is 0 Å². The van der Waals surface area contributed by atoms with Crippen LogP contribution < -0.4 is 5.32 Å². The van der Waals surface area contributed by atoms with Gasteiger partial charge in [-0.3, -0.25) is 10.1 Å². The number of ketones is 1. The van der Waals surface area contributed by atoms with Gasteiger partial charge in [-0.1, -0.05) is 0 Å². The van der Waals surface area contributed by atoms with Gasteiger partial charge in [-0.15, -0.1) is 11.8 Å². The van der Waals surface area contributed by atoms with Crippen molar-refractivity contribution in [2.75, 3.05) is 11.6 Å². The third kappa shape index (κ3) is 1.23. The van der Waals surface area contributed by atoms with Crippen LogP contribution in [0.2, 0.25) is 0 Å². The number of carbonyl (C=O) groups is 1. The molecule has 1 saturated heterocycles. The van der Waals surface area contributed by atoms with E-state index in [9.17, 15) is 4.79 Å². The molecule has 0 aromatic heterocycles. The van der Waals surface area contributed by atoms with Crippen LogP contribution in [0.5, 0.6) is 0 Å². The summed E-state index contributed by atoms with van der Waals surface area (Å²) < 4.78 is 0. The maximum absolute atomic E-state index is 10.6. The fourth-order valence-corrected chi connectivity index (χ4v) is 1.68. The number of rotatable bonds is 1. The van der Waals surface area contributed by atoms with Gasteiger partial charge in [0.1, 0.15) is 5.78 Å². The van der Waals surface area contributed by atoms with Gasteiger partial charge in [0.2, 0.25) is 0 Å². The zero-order chi connectivity index (χ0) is 5.98. The molecule has 0 spiro atoms. The summed E-state index contributed by atoms with van der Waals surface area (Å²) in [4.78, 5) is 10.6. The molecule has 0 unspecified atom stereocenters. The lowest BCUT2D eigenvalue weighted by Gasteiger charge is -2.00. The Morgan fingerprint density at radius 1 is 2.00 bits per heavy atom. The number of nitrogens with one attached hydrogen (secondary N) is 1. The van der Waals surface area contributed by atoms with Gasteiger partial charge in [-0.05, 0) is 6.92 Å². The van der Waals surface area contributed by atoms with E-state index >= 15 is 0 Å². The van der Waals surface area contributed by atoms with E-state index in [2.05, 4.69) is 5.32 Å². The second-order valence-electron chi connectivity index (χ2n) is 1.88. The number of carbonyl (C=O) groups excluding carboxylic acids is 1. The smallest absolute Gasteiger partial charge is 0.147 e. The molecule has 0 aromatic carbocycles. The highest BCUT2D eigenvalue weighted by Gasteiger charge is 2.17. The minimum absolute atomic E-state index is 0. The molecular formula is C5H11NOS. The Morgan fingerprint density at radius 2 is 2.75 bits per heavy atom. The normalized spacial score (nSPS) is 28.4. The minimum atomic E-state index is 0. The van der Waals surface area contributed by atoms with E-state index in [0.717, 1.165) is 11.6 Å². The molecule has 1 aliphatic heterocycles. The van der Waals surface area contributed by atoms with Gasteiger partial charge in [-0.2, -0.15) is 0 Å². The summed E-state index contributed by atoms with van der Waals surface area (Å²) in [6.45, 7) is 1.63. The second-order valence-corrected chi connectivity index (χ2v) is 2.91. The summed E-state index contributed by atoms with van der Waals surface area (Å²) in [5.41, 5.74) is 0. The van der Waals surface area contributed by atoms with E-state index in [0.29, 0.717) is 0 Å². The van der Waals surface area contributed by atoms with Crippen molar-refractivity contribution in [2.24, 2.45) is 0 Å². The summed E-state index contributed by atoms with van der Waals surface area (Å²) in [6.07, 6.45) is 0. The Balaban J connectivity index is 0.000000640. The topological polar surface area (TPSA) is 29.1 Å². The van der Waals surface area contributed by atoms with Crippen LogP contribution in [0.25, 0.3) is 0 Å². The van der Waals surface area contributed by atoms with Gasteiger partial charge in [0, 0.05) is 13.1 Å². The molecule has 1 heterocycles. The molecule has 0 radical (unpaired) electrons. The van der Waals surface area contributed by atoms with Gasteiger partial charge in [-0.25, -0.2) is 0 Å². The fourth-order valence-electron chi connectivity index (χ4n) is 0.656. The van der Waals surface area contributed by atoms with E-state index in [-0.39, 0.29) is 13.3 Å². The lowest BCUT2D eigenvalue weighted by atomic mass is 10.2. The minimum Gasteiger partial charge on any atom is -0.298 e. The molecule has 1 atom stereocenters. The van der Waals surface area contributed by atoms with Crippen LogP contribution in [0.15, 0.2) is 0 Å². The summed E-state index contributed by atoms with van der Waals surface area (Å²) in [5.74, 6) is 2.15. The molecule has 2 nitrogen and oxygen atoms in total. The zero-order valence-electron chi connectivity index (χ0n) is 4.81. The molecule has 0 amide bonds. The molecule has 0 aliphatic carbocycles. The van der Waals surface area contributed by atoms with Crippen molar-refractivity contribution in [2.45, 2.75) is 13.0 Å². The van der Waals surface area contributed by atoms with Crippen LogP contribution in [-0.2, 0) is 4.79 Å². The van der Waals surface area contributed by atoms with Gasteiger partial charge >= 0.3 is 0 Å². The summed E-state index contributed by atoms with van der Waals surface area (Å²) in [5, 5.41) is 3.07. The lowest BCUT2D eigenvalue weighted by Crippen LogP contribution is -2.30. The average molecular weight is 133 g/mol. The number of hydrogen-bond acceptors (Lipinski definition) is 3. The molecule has 8 heavy (non-hydrogen) atoms. The van der Waals surface area contributed by atoms with Crippen LogP contribution in [0.1, 0.15) is 8.35 Å². The number of hydrogen-bond donors (Lipinski definition) is 1. The second kappa shape index (κ2) is 2.51. The monoisotopic (exact) mass is 133 g/mol. The molecular weight excluding hydrogens is 122 g/mol. The highest BCUT2D eigenvalue weighted by Crippen LogP contribution is 2.09.